The number of piperidine rings is 1. The lowest BCUT2D eigenvalue weighted by Gasteiger charge is -2.31. The van der Waals surface area contributed by atoms with Gasteiger partial charge in [-0.3, -0.25) is 4.79 Å². The molecule has 30 heavy (non-hydrogen) atoms. The smallest absolute Gasteiger partial charge is 0.312 e. The van der Waals surface area contributed by atoms with Crippen LogP contribution in [-0.4, -0.2) is 42.5 Å². The molecular weight excluding hydrogens is 380 g/mol. The number of nitrogens with zero attached hydrogens (tertiary/aromatic N) is 1. The molecule has 1 heterocycles. The van der Waals surface area contributed by atoms with E-state index in [0.29, 0.717) is 11.5 Å². The first-order valence-corrected chi connectivity index (χ1v) is 10.4. The molecule has 1 unspecified atom stereocenters. The average molecular weight is 411 g/mol. The van der Waals surface area contributed by atoms with Crippen LogP contribution in [0.5, 0.6) is 11.5 Å². The number of amides is 3. The number of benzene rings is 2. The summed E-state index contributed by atoms with van der Waals surface area (Å²) in [4.78, 5) is 26.6. The van der Waals surface area contributed by atoms with Crippen LogP contribution in [0.3, 0.4) is 0 Å². The van der Waals surface area contributed by atoms with Gasteiger partial charge in [0.25, 0.3) is 0 Å². The van der Waals surface area contributed by atoms with Crippen molar-refractivity contribution in [2.24, 2.45) is 5.73 Å². The Balaban J connectivity index is 1.64. The second-order valence-electron chi connectivity index (χ2n) is 7.53. The van der Waals surface area contributed by atoms with Gasteiger partial charge in [-0.2, -0.15) is 0 Å². The molecule has 0 radical (unpaired) electrons. The fourth-order valence-electron chi connectivity index (χ4n) is 3.71. The van der Waals surface area contributed by atoms with Crippen LogP contribution in [0.25, 0.3) is 0 Å². The molecule has 0 bridgehead atoms. The highest BCUT2D eigenvalue weighted by Crippen LogP contribution is 2.26. The first-order chi connectivity index (χ1) is 14.5. The Kier molecular flexibility index (Phi) is 7.68. The van der Waals surface area contributed by atoms with Gasteiger partial charge in [-0.25, -0.2) is 4.79 Å². The second-order valence-corrected chi connectivity index (χ2v) is 7.53. The second kappa shape index (κ2) is 10.6. The van der Waals surface area contributed by atoms with Crippen LogP contribution in [-0.2, 0) is 4.79 Å². The number of carbonyl (C=O) groups excluding carboxylic acids is 2. The lowest BCUT2D eigenvalue weighted by molar-refractivity contribution is -0.122. The largest absolute Gasteiger partial charge is 0.457 e. The fraction of sp³-hybridized carbons (Fsp3) is 0.391. The Morgan fingerprint density at radius 2 is 1.80 bits per heavy atom. The van der Waals surface area contributed by atoms with Crippen molar-refractivity contribution >= 4 is 11.9 Å². The highest BCUT2D eigenvalue weighted by molar-refractivity contribution is 5.79. The standard InChI is InChI=1S/C23H30N4O3/c1-2-27-13-11-18(12-14-27)25-22(28)16-21(26-23(24)29)17-7-6-10-20(15-17)30-19-8-4-3-5-9-19/h3-10,15,18,21H,2,11-14,16H2,1H3,(H,25,28)(H3,24,26,29). The van der Waals surface area contributed by atoms with Gasteiger partial charge in [0, 0.05) is 19.1 Å². The maximum absolute atomic E-state index is 12.7. The number of nitrogens with one attached hydrogen (secondary N) is 2. The molecule has 160 valence electrons. The number of hydrogen-bond donors (Lipinski definition) is 3. The highest BCUT2D eigenvalue weighted by Gasteiger charge is 2.23. The normalized spacial score (nSPS) is 15.9. The molecular formula is C23H30N4O3. The number of likely N-dealkylation sites (tertiary alicyclic amines) is 1. The number of hydrogen-bond acceptors (Lipinski definition) is 4. The van der Waals surface area contributed by atoms with Crippen LogP contribution < -0.4 is 21.1 Å². The molecule has 4 N–H and O–H groups in total. The van der Waals surface area contributed by atoms with E-state index >= 15 is 0 Å². The average Bonchev–Trinajstić information content (AvgIpc) is 2.74. The molecule has 1 saturated heterocycles. The van der Waals surface area contributed by atoms with Crippen molar-refractivity contribution in [2.45, 2.75) is 38.3 Å². The number of urea groups is 1. The van der Waals surface area contributed by atoms with Crippen molar-refractivity contribution in [1.82, 2.24) is 15.5 Å². The van der Waals surface area contributed by atoms with E-state index in [1.54, 1.807) is 0 Å². The van der Waals surface area contributed by atoms with Crippen LogP contribution >= 0.6 is 0 Å². The molecule has 0 spiro atoms. The Bertz CT molecular complexity index is 835. The first kappa shape index (κ1) is 21.6. The predicted molar refractivity (Wildman–Crippen MR) is 116 cm³/mol. The number of para-hydroxylation sites is 1. The zero-order chi connectivity index (χ0) is 21.3. The zero-order valence-corrected chi connectivity index (χ0v) is 17.3. The summed E-state index contributed by atoms with van der Waals surface area (Å²) in [5.41, 5.74) is 6.13. The Labute approximate surface area is 177 Å². The summed E-state index contributed by atoms with van der Waals surface area (Å²) in [7, 11) is 0. The first-order valence-electron chi connectivity index (χ1n) is 10.4. The third kappa shape index (κ3) is 6.49. The minimum atomic E-state index is -0.668. The van der Waals surface area contributed by atoms with Gasteiger partial charge in [-0.15, -0.1) is 0 Å². The van der Waals surface area contributed by atoms with Crippen molar-refractivity contribution in [2.75, 3.05) is 19.6 Å². The Hall–Kier alpha value is -3.06. The SMILES string of the molecule is CCN1CCC(NC(=O)CC(NC(N)=O)c2cccc(Oc3ccccc3)c2)CC1. The van der Waals surface area contributed by atoms with Gasteiger partial charge in [0.05, 0.1) is 12.5 Å². The van der Waals surface area contributed by atoms with E-state index in [9.17, 15) is 9.59 Å². The van der Waals surface area contributed by atoms with E-state index in [0.717, 1.165) is 38.0 Å². The van der Waals surface area contributed by atoms with Gasteiger partial charge in [-0.05, 0) is 49.2 Å². The van der Waals surface area contributed by atoms with Crippen LogP contribution in [0.15, 0.2) is 54.6 Å². The van der Waals surface area contributed by atoms with Crippen molar-refractivity contribution in [3.05, 3.63) is 60.2 Å². The number of nitrogens with two attached hydrogens (primary N) is 1. The van der Waals surface area contributed by atoms with Crippen molar-refractivity contribution in [3.63, 3.8) is 0 Å². The molecule has 1 aliphatic heterocycles. The summed E-state index contributed by atoms with van der Waals surface area (Å²) < 4.78 is 5.87. The zero-order valence-electron chi connectivity index (χ0n) is 17.3. The van der Waals surface area contributed by atoms with Crippen LogP contribution in [0.4, 0.5) is 4.79 Å². The van der Waals surface area contributed by atoms with E-state index in [-0.39, 0.29) is 18.4 Å². The van der Waals surface area contributed by atoms with Crippen molar-refractivity contribution < 1.29 is 14.3 Å². The van der Waals surface area contributed by atoms with Gasteiger partial charge >= 0.3 is 6.03 Å². The van der Waals surface area contributed by atoms with Gasteiger partial charge in [0.2, 0.25) is 5.91 Å². The molecule has 1 fully saturated rings. The van der Waals surface area contributed by atoms with Gasteiger partial charge in [0.1, 0.15) is 11.5 Å². The maximum atomic E-state index is 12.7. The van der Waals surface area contributed by atoms with E-state index in [4.69, 9.17) is 10.5 Å². The minimum absolute atomic E-state index is 0.0990. The maximum Gasteiger partial charge on any atom is 0.312 e. The molecule has 1 atom stereocenters. The van der Waals surface area contributed by atoms with E-state index in [1.165, 1.54) is 0 Å². The topological polar surface area (TPSA) is 96.7 Å². The lowest BCUT2D eigenvalue weighted by Crippen LogP contribution is -2.45. The molecule has 2 aromatic rings. The summed E-state index contributed by atoms with van der Waals surface area (Å²) in [6.07, 6.45) is 1.99. The monoisotopic (exact) mass is 410 g/mol. The third-order valence-corrected chi connectivity index (χ3v) is 5.35. The molecule has 0 aromatic heterocycles. The van der Waals surface area contributed by atoms with E-state index < -0.39 is 12.1 Å². The number of ether oxygens (including phenoxy) is 1. The summed E-state index contributed by atoms with van der Waals surface area (Å²) >= 11 is 0. The third-order valence-electron chi connectivity index (χ3n) is 5.35. The van der Waals surface area contributed by atoms with E-state index in [1.807, 2.05) is 54.6 Å². The molecule has 7 nitrogen and oxygen atoms in total. The number of carbonyl (C=O) groups is 2. The number of primary amides is 1. The van der Waals surface area contributed by atoms with Gasteiger partial charge < -0.3 is 26.0 Å². The molecule has 7 heteroatoms. The van der Waals surface area contributed by atoms with Gasteiger partial charge in [-0.1, -0.05) is 37.3 Å². The summed E-state index contributed by atoms with van der Waals surface area (Å²) in [5.74, 6) is 1.24. The van der Waals surface area contributed by atoms with Crippen LogP contribution in [0.2, 0.25) is 0 Å². The molecule has 0 saturated carbocycles. The van der Waals surface area contributed by atoms with E-state index in [2.05, 4.69) is 22.5 Å². The summed E-state index contributed by atoms with van der Waals surface area (Å²) in [6, 6.07) is 15.7. The molecule has 1 aliphatic rings. The number of rotatable bonds is 8. The quantitative estimate of drug-likeness (QED) is 0.623. The Morgan fingerprint density at radius 3 is 2.47 bits per heavy atom. The lowest BCUT2D eigenvalue weighted by atomic mass is 10.0. The fourth-order valence-corrected chi connectivity index (χ4v) is 3.71. The van der Waals surface area contributed by atoms with Crippen LogP contribution in [0, 0.1) is 0 Å². The van der Waals surface area contributed by atoms with Gasteiger partial charge in [0.15, 0.2) is 0 Å². The molecule has 3 amide bonds. The minimum Gasteiger partial charge on any atom is -0.457 e. The van der Waals surface area contributed by atoms with Crippen LogP contribution in [0.1, 0.15) is 37.8 Å². The molecule has 0 aliphatic carbocycles. The molecule has 3 rings (SSSR count). The summed E-state index contributed by atoms with van der Waals surface area (Å²) in [6.45, 7) is 5.16. The highest BCUT2D eigenvalue weighted by atomic mass is 16.5. The summed E-state index contributed by atoms with van der Waals surface area (Å²) in [5, 5.41) is 5.79. The van der Waals surface area contributed by atoms with Crippen molar-refractivity contribution in [1.29, 1.82) is 0 Å². The predicted octanol–water partition coefficient (Wildman–Crippen LogP) is 3.18. The van der Waals surface area contributed by atoms with Crippen molar-refractivity contribution in [3.8, 4) is 11.5 Å². The Morgan fingerprint density at radius 1 is 1.10 bits per heavy atom. The molecule has 2 aromatic carbocycles.